The maximum atomic E-state index is 2.33. The lowest BCUT2D eigenvalue weighted by Gasteiger charge is -2.32. The van der Waals surface area contributed by atoms with Gasteiger partial charge in [0.1, 0.15) is 0 Å². The van der Waals surface area contributed by atoms with Gasteiger partial charge in [-0.25, -0.2) is 0 Å². The van der Waals surface area contributed by atoms with Gasteiger partial charge in [0, 0.05) is 13.1 Å². The van der Waals surface area contributed by atoms with Gasteiger partial charge >= 0.3 is 0 Å². The van der Waals surface area contributed by atoms with E-state index in [9.17, 15) is 0 Å². The van der Waals surface area contributed by atoms with Crippen LogP contribution in [0.4, 0.5) is 0 Å². The Bertz CT molecular complexity index is 127. The highest BCUT2D eigenvalue weighted by atomic mass is 15.1. The normalized spacial score (nSPS) is 26.0. The molecule has 1 rings (SSSR count). The van der Waals surface area contributed by atoms with Crippen molar-refractivity contribution in [3.63, 3.8) is 0 Å². The van der Waals surface area contributed by atoms with E-state index in [1.807, 2.05) is 0 Å². The summed E-state index contributed by atoms with van der Waals surface area (Å²) in [5, 5.41) is 0. The highest BCUT2D eigenvalue weighted by molar-refractivity contribution is 4.92. The molecule has 0 aliphatic carbocycles. The highest BCUT2D eigenvalue weighted by Gasteiger charge is 2.17. The minimum Gasteiger partial charge on any atom is -0.377 e. The van der Waals surface area contributed by atoms with Crippen molar-refractivity contribution in [1.82, 2.24) is 4.90 Å². The molecular weight excluding hydrogens is 122 g/mol. The van der Waals surface area contributed by atoms with Crippen LogP contribution in [0.15, 0.2) is 12.3 Å². The van der Waals surface area contributed by atoms with Gasteiger partial charge in [0.2, 0.25) is 0 Å². The monoisotopic (exact) mass is 139 g/mol. The van der Waals surface area contributed by atoms with Gasteiger partial charge in [0.05, 0.1) is 0 Å². The van der Waals surface area contributed by atoms with Gasteiger partial charge in [0.15, 0.2) is 0 Å². The van der Waals surface area contributed by atoms with Gasteiger partial charge < -0.3 is 4.90 Å². The third-order valence-corrected chi connectivity index (χ3v) is 2.26. The molecule has 1 heterocycles. The van der Waals surface area contributed by atoms with E-state index in [0.717, 1.165) is 12.0 Å². The van der Waals surface area contributed by atoms with Crippen LogP contribution in [0.2, 0.25) is 0 Å². The lowest BCUT2D eigenvalue weighted by molar-refractivity contribution is 0.233. The van der Waals surface area contributed by atoms with Crippen LogP contribution in [0.3, 0.4) is 0 Å². The van der Waals surface area contributed by atoms with E-state index in [1.54, 1.807) is 0 Å². The molecule has 1 nitrogen and oxygen atoms in total. The molecule has 0 radical (unpaired) electrons. The van der Waals surface area contributed by atoms with Crippen molar-refractivity contribution in [1.29, 1.82) is 0 Å². The fourth-order valence-corrected chi connectivity index (χ4v) is 1.63. The predicted octanol–water partition coefficient (Wildman–Crippen LogP) is 2.25. The van der Waals surface area contributed by atoms with Crippen LogP contribution in [-0.2, 0) is 0 Å². The van der Waals surface area contributed by atoms with Crippen LogP contribution in [0, 0.1) is 5.92 Å². The molecule has 1 atom stereocenters. The SMILES string of the molecule is CC(C)C1CCC=CN1C. The van der Waals surface area contributed by atoms with Crippen LogP contribution >= 0.6 is 0 Å². The van der Waals surface area contributed by atoms with E-state index in [-0.39, 0.29) is 0 Å². The van der Waals surface area contributed by atoms with E-state index in [2.05, 4.69) is 38.1 Å². The molecule has 0 fully saturated rings. The van der Waals surface area contributed by atoms with Crippen LogP contribution in [0.25, 0.3) is 0 Å². The van der Waals surface area contributed by atoms with Crippen molar-refractivity contribution >= 4 is 0 Å². The van der Waals surface area contributed by atoms with Crippen molar-refractivity contribution in [2.24, 2.45) is 5.92 Å². The fourth-order valence-electron chi connectivity index (χ4n) is 1.63. The first-order valence-electron chi connectivity index (χ1n) is 4.10. The lowest BCUT2D eigenvalue weighted by Crippen LogP contribution is -2.33. The van der Waals surface area contributed by atoms with Crippen LogP contribution in [-0.4, -0.2) is 18.0 Å². The number of rotatable bonds is 1. The molecule has 0 amide bonds. The molecule has 1 unspecified atom stereocenters. The zero-order chi connectivity index (χ0) is 7.56. The summed E-state index contributed by atoms with van der Waals surface area (Å²) in [6.45, 7) is 4.58. The Morgan fingerprint density at radius 3 is 2.60 bits per heavy atom. The first kappa shape index (κ1) is 7.64. The second-order valence-electron chi connectivity index (χ2n) is 3.44. The summed E-state index contributed by atoms with van der Waals surface area (Å²) in [7, 11) is 2.17. The Kier molecular flexibility index (Phi) is 2.36. The Labute approximate surface area is 63.7 Å². The molecule has 0 aromatic carbocycles. The Morgan fingerprint density at radius 2 is 2.20 bits per heavy atom. The summed E-state index contributed by atoms with van der Waals surface area (Å²) in [6.07, 6.45) is 7.03. The van der Waals surface area contributed by atoms with Gasteiger partial charge in [-0.3, -0.25) is 0 Å². The quantitative estimate of drug-likeness (QED) is 0.538. The Balaban J connectivity index is 2.52. The number of allylic oxidation sites excluding steroid dienone is 1. The second-order valence-corrected chi connectivity index (χ2v) is 3.44. The molecule has 1 aliphatic rings. The van der Waals surface area contributed by atoms with E-state index >= 15 is 0 Å². The molecule has 0 saturated carbocycles. The largest absolute Gasteiger partial charge is 0.377 e. The average Bonchev–Trinajstić information content (AvgIpc) is 1.88. The summed E-state index contributed by atoms with van der Waals surface area (Å²) >= 11 is 0. The topological polar surface area (TPSA) is 3.24 Å². The molecule has 10 heavy (non-hydrogen) atoms. The summed E-state index contributed by atoms with van der Waals surface area (Å²) in [5.41, 5.74) is 0. The molecular formula is C9H17N. The molecule has 1 aliphatic heterocycles. The van der Waals surface area contributed by atoms with Crippen molar-refractivity contribution in [3.8, 4) is 0 Å². The van der Waals surface area contributed by atoms with Crippen molar-refractivity contribution in [2.45, 2.75) is 32.7 Å². The maximum Gasteiger partial charge on any atom is 0.0306 e. The number of hydrogen-bond donors (Lipinski definition) is 0. The van der Waals surface area contributed by atoms with E-state index in [0.29, 0.717) is 0 Å². The van der Waals surface area contributed by atoms with E-state index in [1.165, 1.54) is 12.8 Å². The van der Waals surface area contributed by atoms with Gasteiger partial charge in [-0.15, -0.1) is 0 Å². The third-order valence-electron chi connectivity index (χ3n) is 2.26. The minimum absolute atomic E-state index is 0.769. The summed E-state index contributed by atoms with van der Waals surface area (Å²) in [6, 6.07) is 0.769. The fraction of sp³-hybridized carbons (Fsp3) is 0.778. The molecule has 0 bridgehead atoms. The molecule has 0 spiro atoms. The van der Waals surface area contributed by atoms with Gasteiger partial charge in [-0.2, -0.15) is 0 Å². The standard InChI is InChI=1S/C9H17N/c1-8(2)9-6-4-5-7-10(9)3/h5,7-9H,4,6H2,1-3H3. The highest BCUT2D eigenvalue weighted by Crippen LogP contribution is 2.19. The molecule has 58 valence electrons. The first-order chi connectivity index (χ1) is 4.72. The summed E-state index contributed by atoms with van der Waals surface area (Å²) < 4.78 is 0. The van der Waals surface area contributed by atoms with E-state index < -0.39 is 0 Å². The van der Waals surface area contributed by atoms with Gasteiger partial charge in [-0.1, -0.05) is 19.9 Å². The summed E-state index contributed by atoms with van der Waals surface area (Å²) in [4.78, 5) is 2.33. The average molecular weight is 139 g/mol. The number of hydrogen-bond acceptors (Lipinski definition) is 1. The maximum absolute atomic E-state index is 2.33. The Morgan fingerprint density at radius 1 is 1.50 bits per heavy atom. The van der Waals surface area contributed by atoms with Crippen LogP contribution < -0.4 is 0 Å². The van der Waals surface area contributed by atoms with E-state index in [4.69, 9.17) is 0 Å². The molecule has 1 heteroatoms. The van der Waals surface area contributed by atoms with Crippen LogP contribution in [0.1, 0.15) is 26.7 Å². The van der Waals surface area contributed by atoms with Gasteiger partial charge in [0.25, 0.3) is 0 Å². The molecule has 0 N–H and O–H groups in total. The molecule has 0 saturated heterocycles. The Hall–Kier alpha value is -0.460. The smallest absolute Gasteiger partial charge is 0.0306 e. The zero-order valence-electron chi connectivity index (χ0n) is 7.17. The second kappa shape index (κ2) is 3.09. The zero-order valence-corrected chi connectivity index (χ0v) is 7.17. The molecule has 0 aromatic rings. The van der Waals surface area contributed by atoms with Gasteiger partial charge in [-0.05, 0) is 25.0 Å². The lowest BCUT2D eigenvalue weighted by atomic mass is 9.96. The van der Waals surface area contributed by atoms with Crippen molar-refractivity contribution in [2.75, 3.05) is 7.05 Å². The summed E-state index contributed by atoms with van der Waals surface area (Å²) in [5.74, 6) is 0.787. The number of nitrogens with zero attached hydrogens (tertiary/aromatic N) is 1. The molecule has 0 aromatic heterocycles. The first-order valence-corrected chi connectivity index (χ1v) is 4.10. The predicted molar refractivity (Wildman–Crippen MR) is 44.8 cm³/mol. The third kappa shape index (κ3) is 1.53. The van der Waals surface area contributed by atoms with Crippen molar-refractivity contribution < 1.29 is 0 Å². The van der Waals surface area contributed by atoms with Crippen molar-refractivity contribution in [3.05, 3.63) is 12.3 Å². The van der Waals surface area contributed by atoms with Crippen LogP contribution in [0.5, 0.6) is 0 Å². The minimum atomic E-state index is 0.769.